The second-order valence-electron chi connectivity index (χ2n) is 5.54. The summed E-state index contributed by atoms with van der Waals surface area (Å²) in [6, 6.07) is 1.65. The summed E-state index contributed by atoms with van der Waals surface area (Å²) in [5.41, 5.74) is -0.552. The van der Waals surface area contributed by atoms with Crippen molar-refractivity contribution in [2.24, 2.45) is 0 Å². The van der Waals surface area contributed by atoms with Gasteiger partial charge in [0.25, 0.3) is 0 Å². The number of aliphatic hydroxyl groups is 1. The minimum atomic E-state index is -3.70. The van der Waals surface area contributed by atoms with E-state index in [4.69, 9.17) is 0 Å². The van der Waals surface area contributed by atoms with Gasteiger partial charge in [-0.25, -0.2) is 8.42 Å². The van der Waals surface area contributed by atoms with E-state index in [0.29, 0.717) is 12.2 Å². The van der Waals surface area contributed by atoms with Crippen LogP contribution in [0, 0.1) is 0 Å². The number of pyridine rings is 1. The van der Waals surface area contributed by atoms with E-state index in [9.17, 15) is 13.5 Å². The maximum absolute atomic E-state index is 12.8. The molecule has 7 heteroatoms. The molecule has 0 aliphatic rings. The van der Waals surface area contributed by atoms with Crippen molar-refractivity contribution < 1.29 is 13.5 Å². The Kier molecular flexibility index (Phi) is 6.12. The Bertz CT molecular complexity index is 553. The molecule has 0 unspecified atom stereocenters. The van der Waals surface area contributed by atoms with Crippen LogP contribution in [0.3, 0.4) is 0 Å². The molecule has 0 atom stereocenters. The SMILES string of the molecule is CCCNc1ccncc1S(=O)(=O)N(CC)CC(C)(C)O. The fraction of sp³-hybridized carbons (Fsp3) is 0.643. The van der Waals surface area contributed by atoms with Gasteiger partial charge in [-0.3, -0.25) is 4.98 Å². The number of hydrogen-bond donors (Lipinski definition) is 2. The van der Waals surface area contributed by atoms with Crippen molar-refractivity contribution in [3.8, 4) is 0 Å². The molecular weight excluding hydrogens is 290 g/mol. The highest BCUT2D eigenvalue weighted by molar-refractivity contribution is 7.89. The van der Waals surface area contributed by atoms with E-state index >= 15 is 0 Å². The highest BCUT2D eigenvalue weighted by atomic mass is 32.2. The van der Waals surface area contributed by atoms with Gasteiger partial charge in [-0.05, 0) is 26.3 Å². The molecule has 0 saturated heterocycles. The maximum atomic E-state index is 12.8. The molecule has 1 aromatic heterocycles. The van der Waals surface area contributed by atoms with Crippen molar-refractivity contribution >= 4 is 15.7 Å². The molecule has 0 aromatic carbocycles. The van der Waals surface area contributed by atoms with Crippen molar-refractivity contribution in [3.63, 3.8) is 0 Å². The lowest BCUT2D eigenvalue weighted by molar-refractivity contribution is 0.0601. The molecule has 1 aromatic rings. The molecule has 0 bridgehead atoms. The monoisotopic (exact) mass is 315 g/mol. The van der Waals surface area contributed by atoms with Crippen LogP contribution in [0.4, 0.5) is 5.69 Å². The van der Waals surface area contributed by atoms with Crippen LogP contribution in [0.2, 0.25) is 0 Å². The third-order valence-electron chi connectivity index (χ3n) is 2.88. The molecular formula is C14H25N3O3S. The summed E-state index contributed by atoms with van der Waals surface area (Å²) in [4.78, 5) is 4.07. The Labute approximate surface area is 127 Å². The highest BCUT2D eigenvalue weighted by Crippen LogP contribution is 2.24. The Morgan fingerprint density at radius 1 is 1.38 bits per heavy atom. The van der Waals surface area contributed by atoms with Crippen LogP contribution in [0.5, 0.6) is 0 Å². The van der Waals surface area contributed by atoms with Crippen LogP contribution in [-0.2, 0) is 10.0 Å². The van der Waals surface area contributed by atoms with E-state index in [-0.39, 0.29) is 18.0 Å². The van der Waals surface area contributed by atoms with E-state index < -0.39 is 15.6 Å². The summed E-state index contributed by atoms with van der Waals surface area (Å²) in [6.45, 7) is 7.94. The van der Waals surface area contributed by atoms with Gasteiger partial charge < -0.3 is 10.4 Å². The summed E-state index contributed by atoms with van der Waals surface area (Å²) >= 11 is 0. The second-order valence-corrected chi connectivity index (χ2v) is 7.45. The second kappa shape index (κ2) is 7.20. The van der Waals surface area contributed by atoms with E-state index in [0.717, 1.165) is 6.42 Å². The number of anilines is 1. The zero-order chi connectivity index (χ0) is 16.1. The number of rotatable bonds is 8. The van der Waals surface area contributed by atoms with Gasteiger partial charge in [0.2, 0.25) is 10.0 Å². The van der Waals surface area contributed by atoms with E-state index in [1.807, 2.05) is 6.92 Å². The predicted octanol–water partition coefficient (Wildman–Crippen LogP) is 1.68. The fourth-order valence-electron chi connectivity index (χ4n) is 1.93. The van der Waals surface area contributed by atoms with Crippen molar-refractivity contribution in [2.45, 2.75) is 44.6 Å². The van der Waals surface area contributed by atoms with Gasteiger partial charge in [-0.2, -0.15) is 4.31 Å². The number of aromatic nitrogens is 1. The van der Waals surface area contributed by atoms with Crippen LogP contribution >= 0.6 is 0 Å². The van der Waals surface area contributed by atoms with Gasteiger partial charge >= 0.3 is 0 Å². The summed E-state index contributed by atoms with van der Waals surface area (Å²) in [6.07, 6.45) is 3.80. The number of nitrogens with one attached hydrogen (secondary N) is 1. The van der Waals surface area contributed by atoms with Gasteiger partial charge in [0.1, 0.15) is 4.90 Å². The minimum Gasteiger partial charge on any atom is -0.389 e. The molecule has 0 saturated carbocycles. The standard InChI is InChI=1S/C14H25N3O3S/c1-5-8-16-12-7-9-15-10-13(12)21(19,20)17(6-2)11-14(3,4)18/h7,9-10,18H,5-6,8,11H2,1-4H3,(H,15,16). The predicted molar refractivity (Wildman–Crippen MR) is 83.7 cm³/mol. The highest BCUT2D eigenvalue weighted by Gasteiger charge is 2.30. The van der Waals surface area contributed by atoms with Crippen molar-refractivity contribution in [1.82, 2.24) is 9.29 Å². The average Bonchev–Trinajstić information content (AvgIpc) is 2.41. The molecule has 0 aliphatic heterocycles. The average molecular weight is 315 g/mol. The van der Waals surface area contributed by atoms with Crippen molar-refractivity contribution in [3.05, 3.63) is 18.5 Å². The third-order valence-corrected chi connectivity index (χ3v) is 4.83. The van der Waals surface area contributed by atoms with Gasteiger partial charge in [0.05, 0.1) is 11.3 Å². The lowest BCUT2D eigenvalue weighted by Gasteiger charge is -2.28. The van der Waals surface area contributed by atoms with Crippen molar-refractivity contribution in [1.29, 1.82) is 0 Å². The zero-order valence-electron chi connectivity index (χ0n) is 13.1. The molecule has 120 valence electrons. The number of likely N-dealkylation sites (N-methyl/N-ethyl adjacent to an activating group) is 1. The lowest BCUT2D eigenvalue weighted by atomic mass is 10.1. The number of sulfonamides is 1. The van der Waals surface area contributed by atoms with Crippen LogP contribution in [-0.4, -0.2) is 48.0 Å². The third kappa shape index (κ3) is 4.94. The Morgan fingerprint density at radius 3 is 2.57 bits per heavy atom. The van der Waals surface area contributed by atoms with Gasteiger partial charge in [-0.1, -0.05) is 13.8 Å². The summed E-state index contributed by atoms with van der Waals surface area (Å²) in [7, 11) is -3.70. The molecule has 0 aliphatic carbocycles. The van der Waals surface area contributed by atoms with Crippen LogP contribution in [0.15, 0.2) is 23.4 Å². The first kappa shape index (κ1) is 17.9. The molecule has 1 rings (SSSR count). The quantitative estimate of drug-likeness (QED) is 0.763. The first-order chi connectivity index (χ1) is 9.72. The normalized spacial score (nSPS) is 12.7. The molecule has 2 N–H and O–H groups in total. The van der Waals surface area contributed by atoms with Crippen LogP contribution in [0.25, 0.3) is 0 Å². The molecule has 21 heavy (non-hydrogen) atoms. The lowest BCUT2D eigenvalue weighted by Crippen LogP contribution is -2.42. The molecule has 0 amide bonds. The summed E-state index contributed by atoms with van der Waals surface area (Å²) < 4.78 is 26.8. The van der Waals surface area contributed by atoms with Gasteiger partial charge in [0, 0.05) is 32.0 Å². The minimum absolute atomic E-state index is 0.0357. The first-order valence-electron chi connectivity index (χ1n) is 7.12. The van der Waals surface area contributed by atoms with E-state index in [2.05, 4.69) is 10.3 Å². The van der Waals surface area contributed by atoms with Crippen molar-refractivity contribution in [2.75, 3.05) is 25.0 Å². The fourth-order valence-corrected chi connectivity index (χ4v) is 3.64. The van der Waals surface area contributed by atoms with E-state index in [1.54, 1.807) is 33.0 Å². The Morgan fingerprint density at radius 2 is 2.05 bits per heavy atom. The number of hydrogen-bond acceptors (Lipinski definition) is 5. The Hall–Kier alpha value is -1.18. The van der Waals surface area contributed by atoms with E-state index in [1.165, 1.54) is 10.5 Å². The smallest absolute Gasteiger partial charge is 0.246 e. The summed E-state index contributed by atoms with van der Waals surface area (Å²) in [5, 5.41) is 13.0. The largest absolute Gasteiger partial charge is 0.389 e. The van der Waals surface area contributed by atoms with Gasteiger partial charge in [0.15, 0.2) is 0 Å². The van der Waals surface area contributed by atoms with Crippen LogP contribution in [0.1, 0.15) is 34.1 Å². The molecule has 6 nitrogen and oxygen atoms in total. The van der Waals surface area contributed by atoms with Gasteiger partial charge in [-0.15, -0.1) is 0 Å². The number of nitrogens with zero attached hydrogens (tertiary/aromatic N) is 2. The molecule has 0 radical (unpaired) electrons. The molecule has 0 spiro atoms. The van der Waals surface area contributed by atoms with Crippen LogP contribution < -0.4 is 5.32 Å². The maximum Gasteiger partial charge on any atom is 0.246 e. The topological polar surface area (TPSA) is 82.5 Å². The zero-order valence-corrected chi connectivity index (χ0v) is 13.9. The first-order valence-corrected chi connectivity index (χ1v) is 8.56. The molecule has 0 fully saturated rings. The Balaban J connectivity index is 3.16. The summed E-state index contributed by atoms with van der Waals surface area (Å²) in [5.74, 6) is 0. The molecule has 1 heterocycles.